The Morgan fingerprint density at radius 2 is 2.14 bits per heavy atom. The lowest BCUT2D eigenvalue weighted by Gasteiger charge is -2.20. The Hall–Kier alpha value is -2.98. The van der Waals surface area contributed by atoms with E-state index in [1.54, 1.807) is 0 Å². The van der Waals surface area contributed by atoms with Crippen LogP contribution in [0.15, 0.2) is 36.5 Å². The van der Waals surface area contributed by atoms with Crippen molar-refractivity contribution in [2.75, 3.05) is 4.90 Å². The third-order valence-electron chi connectivity index (χ3n) is 2.81. The minimum atomic E-state index is -0.577. The Kier molecular flexibility index (Phi) is 4.34. The van der Waals surface area contributed by atoms with Crippen molar-refractivity contribution in [2.45, 2.75) is 6.92 Å². The van der Waals surface area contributed by atoms with Crippen LogP contribution in [0.1, 0.15) is 12.5 Å². The fraction of sp³-hybridized carbons (Fsp3) is 0.0714. The molecular weight excluding hydrogens is 308 g/mol. The number of carbonyl (C=O) groups excluding carboxylic acids is 1. The van der Waals surface area contributed by atoms with Gasteiger partial charge in [0, 0.05) is 19.2 Å². The predicted molar refractivity (Wildman–Crippen MR) is 79.9 cm³/mol. The van der Waals surface area contributed by atoms with E-state index in [-0.39, 0.29) is 22.1 Å². The lowest BCUT2D eigenvalue weighted by atomic mass is 10.2. The Labute approximate surface area is 130 Å². The van der Waals surface area contributed by atoms with Gasteiger partial charge in [0.15, 0.2) is 0 Å². The van der Waals surface area contributed by atoms with Gasteiger partial charge in [0.1, 0.15) is 11.9 Å². The fourth-order valence-corrected chi connectivity index (χ4v) is 2.02. The van der Waals surface area contributed by atoms with Crippen LogP contribution < -0.4 is 4.90 Å². The molecule has 0 aliphatic heterocycles. The molecular formula is C14H9ClN4O3. The number of amides is 1. The molecule has 22 heavy (non-hydrogen) atoms. The summed E-state index contributed by atoms with van der Waals surface area (Å²) in [5.41, 5.74) is 0.350. The molecule has 0 aliphatic rings. The maximum absolute atomic E-state index is 11.9. The molecule has 1 aromatic heterocycles. The highest BCUT2D eigenvalue weighted by molar-refractivity contribution is 6.31. The van der Waals surface area contributed by atoms with E-state index in [4.69, 9.17) is 16.9 Å². The van der Waals surface area contributed by atoms with Crippen molar-refractivity contribution in [1.29, 1.82) is 5.26 Å². The van der Waals surface area contributed by atoms with Crippen LogP contribution in [0.25, 0.3) is 0 Å². The van der Waals surface area contributed by atoms with E-state index in [1.807, 2.05) is 6.07 Å². The average Bonchev–Trinajstić information content (AvgIpc) is 2.49. The fourth-order valence-electron chi connectivity index (χ4n) is 1.86. The van der Waals surface area contributed by atoms with E-state index < -0.39 is 10.8 Å². The number of rotatable bonds is 3. The lowest BCUT2D eigenvalue weighted by Crippen LogP contribution is -2.23. The summed E-state index contributed by atoms with van der Waals surface area (Å²) in [6, 6.07) is 8.75. The summed E-state index contributed by atoms with van der Waals surface area (Å²) < 4.78 is 0. The third-order valence-corrected chi connectivity index (χ3v) is 3.14. The van der Waals surface area contributed by atoms with E-state index in [0.717, 1.165) is 0 Å². The van der Waals surface area contributed by atoms with E-state index in [0.29, 0.717) is 5.69 Å². The topological polar surface area (TPSA) is 100 Å². The monoisotopic (exact) mass is 316 g/mol. The molecule has 8 heteroatoms. The molecule has 0 saturated heterocycles. The third kappa shape index (κ3) is 3.02. The number of anilines is 2. The van der Waals surface area contributed by atoms with Gasteiger partial charge in [-0.15, -0.1) is 0 Å². The van der Waals surface area contributed by atoms with Gasteiger partial charge in [0.2, 0.25) is 5.91 Å². The highest BCUT2D eigenvalue weighted by Crippen LogP contribution is 2.29. The molecule has 0 bridgehead atoms. The van der Waals surface area contributed by atoms with Crippen molar-refractivity contribution in [1.82, 2.24) is 4.98 Å². The van der Waals surface area contributed by atoms with Crippen LogP contribution >= 0.6 is 11.6 Å². The van der Waals surface area contributed by atoms with Crippen molar-refractivity contribution in [3.05, 3.63) is 57.2 Å². The summed E-state index contributed by atoms with van der Waals surface area (Å²) >= 11 is 5.86. The van der Waals surface area contributed by atoms with Gasteiger partial charge in [0.05, 0.1) is 27.3 Å². The number of halogens is 1. The van der Waals surface area contributed by atoms with Gasteiger partial charge in [-0.2, -0.15) is 5.26 Å². The molecule has 0 aliphatic carbocycles. The number of pyridine rings is 1. The second-order valence-electron chi connectivity index (χ2n) is 4.26. The molecule has 1 heterocycles. The Balaban J connectivity index is 2.56. The molecule has 0 saturated carbocycles. The minimum absolute atomic E-state index is 0.0907. The van der Waals surface area contributed by atoms with Gasteiger partial charge in [-0.05, 0) is 18.2 Å². The van der Waals surface area contributed by atoms with Crippen molar-refractivity contribution < 1.29 is 9.72 Å². The second kappa shape index (κ2) is 6.20. The zero-order chi connectivity index (χ0) is 16.3. The van der Waals surface area contributed by atoms with Crippen LogP contribution in [0.3, 0.4) is 0 Å². The van der Waals surface area contributed by atoms with Gasteiger partial charge < -0.3 is 0 Å². The van der Waals surface area contributed by atoms with Gasteiger partial charge in [0.25, 0.3) is 5.69 Å². The molecule has 2 aromatic rings. The SMILES string of the molecule is CC(=O)N(c1ccc(Cl)c(C#N)c1)c1cc([N+](=O)[O-])ccn1. The molecule has 0 fully saturated rings. The summed E-state index contributed by atoms with van der Waals surface area (Å²) in [6.07, 6.45) is 1.24. The number of nitro groups is 1. The number of carbonyl (C=O) groups is 1. The zero-order valence-electron chi connectivity index (χ0n) is 11.4. The minimum Gasteiger partial charge on any atom is -0.274 e. The summed E-state index contributed by atoms with van der Waals surface area (Å²) in [5, 5.41) is 20.1. The standard InChI is InChI=1S/C14H9ClN4O3/c1-9(20)18(11-2-3-13(15)10(6-11)8-16)14-7-12(19(21)22)4-5-17-14/h2-7H,1H3. The van der Waals surface area contributed by atoms with Crippen molar-refractivity contribution in [2.24, 2.45) is 0 Å². The zero-order valence-corrected chi connectivity index (χ0v) is 12.1. The molecule has 2 rings (SSSR count). The molecule has 7 nitrogen and oxygen atoms in total. The van der Waals surface area contributed by atoms with Crippen LogP contribution in [-0.4, -0.2) is 15.8 Å². The quantitative estimate of drug-likeness (QED) is 0.639. The summed E-state index contributed by atoms with van der Waals surface area (Å²) in [4.78, 5) is 27.3. The molecule has 0 unspecified atom stereocenters. The predicted octanol–water partition coefficient (Wildman–Crippen LogP) is 3.20. The number of nitrogens with zero attached hydrogens (tertiary/aromatic N) is 4. The number of aromatic nitrogens is 1. The normalized spacial score (nSPS) is 9.86. The first kappa shape index (κ1) is 15.4. The number of hydrogen-bond acceptors (Lipinski definition) is 5. The summed E-state index contributed by atoms with van der Waals surface area (Å²) in [6.45, 7) is 1.29. The van der Waals surface area contributed by atoms with Crippen LogP contribution in [-0.2, 0) is 4.79 Å². The number of nitriles is 1. The maximum atomic E-state index is 11.9. The Morgan fingerprint density at radius 3 is 2.73 bits per heavy atom. The van der Waals surface area contributed by atoms with Gasteiger partial charge in [-0.25, -0.2) is 4.98 Å². The number of benzene rings is 1. The first-order valence-corrected chi connectivity index (χ1v) is 6.42. The van der Waals surface area contributed by atoms with Crippen LogP contribution in [0.2, 0.25) is 5.02 Å². The van der Waals surface area contributed by atoms with Crippen molar-refractivity contribution in [3.8, 4) is 6.07 Å². The second-order valence-corrected chi connectivity index (χ2v) is 4.67. The summed E-state index contributed by atoms with van der Waals surface area (Å²) in [5.74, 6) is -0.313. The van der Waals surface area contributed by atoms with E-state index in [9.17, 15) is 14.9 Å². The molecule has 0 atom stereocenters. The first-order valence-electron chi connectivity index (χ1n) is 6.05. The highest BCUT2D eigenvalue weighted by Gasteiger charge is 2.19. The van der Waals surface area contributed by atoms with Crippen LogP contribution in [0.4, 0.5) is 17.2 Å². The smallest absolute Gasteiger partial charge is 0.274 e. The molecule has 0 N–H and O–H groups in total. The first-order chi connectivity index (χ1) is 10.4. The van der Waals surface area contributed by atoms with E-state index in [2.05, 4.69) is 4.98 Å². The van der Waals surface area contributed by atoms with Crippen molar-refractivity contribution >= 4 is 34.7 Å². The molecule has 0 spiro atoms. The Morgan fingerprint density at radius 1 is 1.41 bits per heavy atom. The van der Waals surface area contributed by atoms with Crippen molar-refractivity contribution in [3.63, 3.8) is 0 Å². The van der Waals surface area contributed by atoms with Crippen LogP contribution in [0, 0.1) is 21.4 Å². The maximum Gasteiger partial charge on any atom is 0.274 e. The molecule has 110 valence electrons. The van der Waals surface area contributed by atoms with E-state index >= 15 is 0 Å². The van der Waals surface area contributed by atoms with E-state index in [1.165, 1.54) is 48.4 Å². The molecule has 1 amide bonds. The lowest BCUT2D eigenvalue weighted by molar-refractivity contribution is -0.384. The molecule has 0 radical (unpaired) electrons. The van der Waals surface area contributed by atoms with Crippen LogP contribution in [0.5, 0.6) is 0 Å². The molecule has 1 aromatic carbocycles. The van der Waals surface area contributed by atoms with Gasteiger partial charge in [-0.3, -0.25) is 19.8 Å². The van der Waals surface area contributed by atoms with Gasteiger partial charge >= 0.3 is 0 Å². The summed E-state index contributed by atoms with van der Waals surface area (Å²) in [7, 11) is 0. The number of hydrogen-bond donors (Lipinski definition) is 0. The van der Waals surface area contributed by atoms with Gasteiger partial charge in [-0.1, -0.05) is 11.6 Å². The Bertz CT molecular complexity index is 801. The average molecular weight is 317 g/mol. The highest BCUT2D eigenvalue weighted by atomic mass is 35.5. The largest absolute Gasteiger partial charge is 0.274 e.